The van der Waals surface area contributed by atoms with Gasteiger partial charge in [0.15, 0.2) is 0 Å². The largest absolute Gasteiger partial charge is 0.464 e. The molecule has 0 saturated heterocycles. The number of pyridine rings is 7. The van der Waals surface area contributed by atoms with Gasteiger partial charge in [0.05, 0.1) is 63.3 Å². The van der Waals surface area contributed by atoms with Gasteiger partial charge in [-0.2, -0.15) is 0 Å². The van der Waals surface area contributed by atoms with Gasteiger partial charge in [0, 0.05) is 88.9 Å². The molecule has 0 aliphatic carbocycles. The van der Waals surface area contributed by atoms with Crippen LogP contribution in [0.5, 0.6) is 0 Å². The first-order valence-corrected chi connectivity index (χ1v) is 27.5. The van der Waals surface area contributed by atoms with Crippen LogP contribution in [0.15, 0.2) is 134 Å². The van der Waals surface area contributed by atoms with E-state index in [0.29, 0.717) is 80.6 Å². The molecule has 10 aromatic rings. The van der Waals surface area contributed by atoms with Gasteiger partial charge >= 0.3 is 5.97 Å². The van der Waals surface area contributed by atoms with Gasteiger partial charge in [-0.15, -0.1) is 0 Å². The van der Waals surface area contributed by atoms with Crippen LogP contribution in [-0.2, 0) is 55.0 Å². The van der Waals surface area contributed by atoms with Crippen LogP contribution < -0.4 is 11.1 Å². The van der Waals surface area contributed by atoms with Crippen molar-refractivity contribution in [1.29, 1.82) is 0 Å². The quantitative estimate of drug-likeness (QED) is 0.0554. The number of hydrogen-bond acceptors (Lipinski definition) is 15. The lowest BCUT2D eigenvalue weighted by Crippen LogP contribution is -2.26. The van der Waals surface area contributed by atoms with E-state index in [0.717, 1.165) is 77.5 Å². The third-order valence-electron chi connectivity index (χ3n) is 13.3. The number of aromatic nitrogens is 7. The maximum atomic E-state index is 13.1. The highest BCUT2D eigenvalue weighted by Crippen LogP contribution is 2.27. The van der Waals surface area contributed by atoms with Crippen LogP contribution in [-0.4, -0.2) is 74.3 Å². The fourth-order valence-corrected chi connectivity index (χ4v) is 9.65. The molecule has 0 fully saturated rings. The van der Waals surface area contributed by atoms with Crippen LogP contribution in [0.1, 0.15) is 122 Å². The molecule has 0 radical (unpaired) electrons. The number of aryl methyl sites for hydroxylation is 2. The maximum absolute atomic E-state index is 13.1. The number of aliphatic hydroxyl groups is 4. The molecule has 7 heterocycles. The molecule has 426 valence electrons. The van der Waals surface area contributed by atoms with Crippen molar-refractivity contribution >= 4 is 85.2 Å². The zero-order valence-corrected chi connectivity index (χ0v) is 49.1. The average molecular weight is 1180 g/mol. The minimum Gasteiger partial charge on any atom is -0.464 e. The second kappa shape index (κ2) is 26.5. The van der Waals surface area contributed by atoms with Crippen molar-refractivity contribution in [3.63, 3.8) is 0 Å². The zero-order chi connectivity index (χ0) is 59.8. The highest BCUT2D eigenvalue weighted by atomic mass is 35.5. The molecular formula is C64H62Cl3N9O7. The molecular weight excluding hydrogens is 1110 g/mol. The molecule has 0 unspecified atom stereocenters. The first-order chi connectivity index (χ1) is 39.4. The van der Waals surface area contributed by atoms with E-state index in [4.69, 9.17) is 45.3 Å². The van der Waals surface area contributed by atoms with E-state index in [9.17, 15) is 30.0 Å². The summed E-state index contributed by atoms with van der Waals surface area (Å²) in [5, 5.41) is 47.2. The molecule has 0 aliphatic heterocycles. The van der Waals surface area contributed by atoms with Crippen molar-refractivity contribution in [2.45, 2.75) is 91.8 Å². The summed E-state index contributed by atoms with van der Waals surface area (Å²) in [7, 11) is 1.30. The second-order valence-corrected chi connectivity index (χ2v) is 22.4. The summed E-state index contributed by atoms with van der Waals surface area (Å²) in [5.74, 6) is -0.333. The first kappa shape index (κ1) is 61.0. The van der Waals surface area contributed by atoms with Crippen molar-refractivity contribution in [2.75, 3.05) is 12.8 Å². The van der Waals surface area contributed by atoms with Crippen LogP contribution in [0, 0.1) is 13.8 Å². The summed E-state index contributed by atoms with van der Waals surface area (Å²) in [6.07, 6.45) is 6.45. The Kier molecular flexibility index (Phi) is 19.5. The van der Waals surface area contributed by atoms with Crippen molar-refractivity contribution in [2.24, 2.45) is 0 Å². The molecule has 0 bridgehead atoms. The Labute approximate surface area is 495 Å². The Balaban J connectivity index is 0.000000167. The summed E-state index contributed by atoms with van der Waals surface area (Å²) in [6.45, 7) is 10.5. The number of nitrogens with zero attached hydrogens (tertiary/aromatic N) is 7. The summed E-state index contributed by atoms with van der Waals surface area (Å²) >= 11 is 18.1. The lowest BCUT2D eigenvalue weighted by molar-refractivity contribution is 0.0592. The van der Waals surface area contributed by atoms with E-state index in [-0.39, 0.29) is 24.8 Å². The van der Waals surface area contributed by atoms with Crippen molar-refractivity contribution in [1.82, 2.24) is 40.2 Å². The molecule has 0 atom stereocenters. The van der Waals surface area contributed by atoms with Crippen LogP contribution in [0.25, 0.3) is 32.7 Å². The van der Waals surface area contributed by atoms with E-state index in [1.165, 1.54) is 13.2 Å². The minimum atomic E-state index is -1.21. The summed E-state index contributed by atoms with van der Waals surface area (Å²) in [4.78, 5) is 55.5. The van der Waals surface area contributed by atoms with Gasteiger partial charge in [0.2, 0.25) is 0 Å². The van der Waals surface area contributed by atoms with Crippen molar-refractivity contribution in [3.05, 3.63) is 233 Å². The number of methoxy groups -OCH3 is 1. The number of carbonyl (C=O) groups is 2. The lowest BCUT2D eigenvalue weighted by Gasteiger charge is -2.19. The fourth-order valence-electron chi connectivity index (χ4n) is 9.16. The Hall–Kier alpha value is -8.06. The number of fused-ring (bicyclic) bond motifs is 3. The third kappa shape index (κ3) is 16.4. The summed E-state index contributed by atoms with van der Waals surface area (Å²) in [6, 6.07) is 35.4. The number of carbonyl (C=O) groups excluding carboxylic acids is 2. The predicted molar refractivity (Wildman–Crippen MR) is 324 cm³/mol. The van der Waals surface area contributed by atoms with E-state index < -0.39 is 17.2 Å². The minimum absolute atomic E-state index is 0.0875. The molecule has 10 rings (SSSR count). The number of nitrogens with two attached hydrogens (primary N) is 1. The Morgan fingerprint density at radius 1 is 0.554 bits per heavy atom. The summed E-state index contributed by atoms with van der Waals surface area (Å²) < 4.78 is 4.71. The zero-order valence-electron chi connectivity index (χ0n) is 46.8. The van der Waals surface area contributed by atoms with Crippen LogP contribution in [0.3, 0.4) is 0 Å². The number of nitrogen functional groups attached to an aromatic ring is 1. The van der Waals surface area contributed by atoms with Crippen LogP contribution >= 0.6 is 34.8 Å². The number of amides is 1. The fraction of sp³-hybridized carbons (Fsp3) is 0.234. The van der Waals surface area contributed by atoms with Crippen LogP contribution in [0.4, 0.5) is 5.82 Å². The molecule has 7 aromatic heterocycles. The number of nitrogens with one attached hydrogen (secondary N) is 1. The van der Waals surface area contributed by atoms with E-state index in [1.807, 2.05) is 92.7 Å². The second-order valence-electron chi connectivity index (χ2n) is 21.0. The number of ether oxygens (including phenoxy) is 1. The highest BCUT2D eigenvalue weighted by Gasteiger charge is 2.23. The number of esters is 1. The van der Waals surface area contributed by atoms with Crippen molar-refractivity contribution < 1.29 is 34.8 Å². The number of hydrogen-bond donors (Lipinski definition) is 6. The Morgan fingerprint density at radius 2 is 0.988 bits per heavy atom. The summed E-state index contributed by atoms with van der Waals surface area (Å²) in [5.41, 5.74) is 17.0. The molecule has 1 amide bonds. The Bertz CT molecular complexity index is 4020. The van der Waals surface area contributed by atoms with Gasteiger partial charge in [-0.25, -0.2) is 14.8 Å². The predicted octanol–water partition coefficient (Wildman–Crippen LogP) is 11.4. The highest BCUT2D eigenvalue weighted by molar-refractivity contribution is 6.31. The van der Waals surface area contributed by atoms with Gasteiger partial charge in [0.25, 0.3) is 5.91 Å². The number of aliphatic hydroxyl groups excluding tert-OH is 2. The normalized spacial score (nSPS) is 11.4. The standard InChI is InChI=1S/C27H28ClN5O2.C19H19ClN2O2.C18H15ClN2O3/c1-15-7-25(29)32-16(2)22(15)14-31-26(34)19-11-21(33-24(12-19)27(3,4)35)9-17-5-6-23-18(8-17)10-20(28)13-30-23;1-19(2,24)18-8-13(11-23)7-16(22-18)6-12-3-4-17-14(5-12)9-15(20)10-21-17;1-24-18(23)17-7-12(10-22)6-15(21-17)5-11-2-3-16-13(4-11)8-14(19)9-20-16/h5-8,10-13,35H,9,14H2,1-4H3,(H2,29,32)(H,31,34);3-5,7-10,23-24H,6,11H2,1-2H3;2-4,6-9,22H,5,10H2,1H3. The molecule has 16 nitrogen and oxygen atoms in total. The van der Waals surface area contributed by atoms with Gasteiger partial charge < -0.3 is 36.2 Å². The number of halogens is 3. The van der Waals surface area contributed by atoms with Gasteiger partial charge in [-0.3, -0.25) is 29.7 Å². The average Bonchev–Trinajstić information content (AvgIpc) is 3.65. The van der Waals surface area contributed by atoms with E-state index in [2.05, 4.69) is 40.2 Å². The van der Waals surface area contributed by atoms with Gasteiger partial charge in [-0.1, -0.05) is 53.0 Å². The lowest BCUT2D eigenvalue weighted by atomic mass is 9.99. The van der Waals surface area contributed by atoms with E-state index >= 15 is 0 Å². The molecule has 19 heteroatoms. The number of rotatable bonds is 14. The van der Waals surface area contributed by atoms with Gasteiger partial charge in [-0.05, 0) is 178 Å². The molecule has 0 saturated carbocycles. The number of anilines is 1. The Morgan fingerprint density at radius 3 is 1.42 bits per heavy atom. The molecule has 0 spiro atoms. The molecule has 83 heavy (non-hydrogen) atoms. The molecule has 0 aliphatic rings. The smallest absolute Gasteiger partial charge is 0.356 e. The topological polar surface area (TPSA) is 253 Å². The first-order valence-electron chi connectivity index (χ1n) is 26.3. The van der Waals surface area contributed by atoms with E-state index in [1.54, 1.807) is 76.6 Å². The SMILES string of the molecule is CC(C)(O)c1cc(CO)cc(Cc2ccc3ncc(Cl)cc3c2)n1.COC(=O)c1cc(CO)cc(Cc2ccc3ncc(Cl)cc3c2)n1.Cc1cc(N)nc(C)c1CNC(=O)c1cc(Cc2ccc3ncc(Cl)cc3c2)nc(C(C)(C)O)c1. The number of benzene rings is 3. The van der Waals surface area contributed by atoms with Crippen molar-refractivity contribution in [3.8, 4) is 0 Å². The monoisotopic (exact) mass is 1170 g/mol. The van der Waals surface area contributed by atoms with Gasteiger partial charge in [0.1, 0.15) is 22.7 Å². The van der Waals surface area contributed by atoms with Crippen LogP contribution in [0.2, 0.25) is 15.1 Å². The third-order valence-corrected chi connectivity index (χ3v) is 13.9. The molecule has 3 aromatic carbocycles. The maximum Gasteiger partial charge on any atom is 0.356 e. The molecule has 7 N–H and O–H groups in total.